The van der Waals surface area contributed by atoms with Crippen LogP contribution in [-0.4, -0.2) is 8.80 Å². The lowest BCUT2D eigenvalue weighted by Crippen LogP contribution is -2.10. The molecule has 0 saturated carbocycles. The van der Waals surface area contributed by atoms with Crippen LogP contribution in [0.1, 0.15) is 0 Å². The van der Waals surface area contributed by atoms with Crippen LogP contribution in [0.15, 0.2) is 279 Å². The first kappa shape index (κ1) is 42.9. The lowest BCUT2D eigenvalue weighted by molar-refractivity contribution is 1.30. The van der Waals surface area contributed by atoms with Crippen molar-refractivity contribution in [2.75, 3.05) is 9.80 Å². The molecule has 13 aromatic carbocycles. The Labute approximate surface area is 449 Å². The Morgan fingerprint density at radius 1 is 0.218 bits per heavy atom. The number of aromatic nitrogens is 2. The van der Waals surface area contributed by atoms with E-state index in [9.17, 15) is 0 Å². The van der Waals surface area contributed by atoms with Crippen molar-refractivity contribution in [1.29, 1.82) is 0 Å². The maximum atomic E-state index is 2.57. The van der Waals surface area contributed by atoms with Gasteiger partial charge in [-0.2, -0.15) is 0 Å². The van der Waals surface area contributed by atoms with Crippen molar-refractivity contribution in [1.82, 2.24) is 8.80 Å². The number of hydrogen-bond donors (Lipinski definition) is 0. The Bertz CT molecular complexity index is 4790. The fraction of sp³-hybridized carbons (Fsp3) is 0. The fourth-order valence-corrected chi connectivity index (χ4v) is 13.2. The minimum atomic E-state index is 1.11. The number of rotatable bonds is 8. The van der Waals surface area contributed by atoms with Gasteiger partial charge in [0.15, 0.2) is 0 Å². The third-order valence-corrected chi connectivity index (χ3v) is 16.7. The molecule has 0 spiro atoms. The van der Waals surface area contributed by atoms with E-state index in [4.69, 9.17) is 0 Å². The highest BCUT2D eigenvalue weighted by Crippen LogP contribution is 2.52. The number of hydrogen-bond acceptors (Lipinski definition) is 2. The van der Waals surface area contributed by atoms with Crippen molar-refractivity contribution >= 4 is 132 Å². The molecule has 0 radical (unpaired) electrons. The topological polar surface area (TPSA) is 15.3 Å². The molecule has 0 N–H and O–H groups in total. The zero-order valence-electron chi connectivity index (χ0n) is 42.3. The van der Waals surface area contributed by atoms with Crippen molar-refractivity contribution in [2.45, 2.75) is 0 Å². The van der Waals surface area contributed by atoms with Gasteiger partial charge in [-0.05, 0) is 153 Å². The molecule has 0 unspecified atom stereocenters. The summed E-state index contributed by atoms with van der Waals surface area (Å²) in [6, 6.07) is 103. The van der Waals surface area contributed by atoms with E-state index in [0.29, 0.717) is 0 Å². The molecule has 0 aliphatic rings. The van der Waals surface area contributed by atoms with E-state index in [0.717, 1.165) is 34.1 Å². The van der Waals surface area contributed by atoms with Gasteiger partial charge in [-0.15, -0.1) is 0 Å². The largest absolute Gasteiger partial charge is 0.310 e. The van der Waals surface area contributed by atoms with E-state index < -0.39 is 0 Å². The van der Waals surface area contributed by atoms with E-state index in [1.807, 2.05) is 0 Å². The van der Waals surface area contributed by atoms with Crippen LogP contribution in [0.3, 0.4) is 0 Å². The molecule has 0 fully saturated rings. The molecular formula is C74H46N4. The Kier molecular flexibility index (Phi) is 9.09. The smallest absolute Gasteiger partial charge is 0.0641 e. The lowest BCUT2D eigenvalue weighted by atomic mass is 9.98. The number of para-hydroxylation sites is 4. The highest BCUT2D eigenvalue weighted by atomic mass is 15.2. The molecule has 17 rings (SSSR count). The Morgan fingerprint density at radius 3 is 0.936 bits per heavy atom. The summed E-state index contributed by atoms with van der Waals surface area (Å²) in [5.41, 5.74) is 18.8. The van der Waals surface area contributed by atoms with E-state index in [2.05, 4.69) is 298 Å². The normalized spacial score (nSPS) is 12.1. The average molecular weight is 991 g/mol. The quantitative estimate of drug-likeness (QED) is 0.151. The predicted octanol–water partition coefficient (Wildman–Crippen LogP) is 20.6. The molecule has 17 aromatic rings. The van der Waals surface area contributed by atoms with Crippen LogP contribution in [0, 0.1) is 0 Å². The van der Waals surface area contributed by atoms with Gasteiger partial charge in [0, 0.05) is 65.8 Å². The van der Waals surface area contributed by atoms with Crippen molar-refractivity contribution in [3.05, 3.63) is 279 Å². The SMILES string of the molecule is c1ccc(N(c2ccccc2)c2ccc3c4cc5c(cc4n4c6ccc(-c7ccc8ccccc8c7)cc6c2c34)c2ccc(N(c3ccccc3)c3ccccc3)c3c4cc(-c6ccc7ccccc7c6)ccc4n5c23)cc1. The average Bonchev–Trinajstić information content (AvgIpc) is 4.41. The number of nitrogens with zero attached hydrogens (tertiary/aromatic N) is 4. The Morgan fingerprint density at radius 2 is 0.551 bits per heavy atom. The second-order valence-corrected chi connectivity index (χ2v) is 20.9. The summed E-state index contributed by atoms with van der Waals surface area (Å²) >= 11 is 0. The minimum Gasteiger partial charge on any atom is -0.310 e. The Hall–Kier alpha value is -10.4. The van der Waals surface area contributed by atoms with Crippen LogP contribution in [0.2, 0.25) is 0 Å². The molecule has 4 heteroatoms. The molecule has 4 heterocycles. The van der Waals surface area contributed by atoms with Crippen molar-refractivity contribution < 1.29 is 0 Å². The molecule has 0 bridgehead atoms. The molecule has 78 heavy (non-hydrogen) atoms. The molecule has 362 valence electrons. The minimum absolute atomic E-state index is 1.11. The van der Waals surface area contributed by atoms with Gasteiger partial charge < -0.3 is 18.6 Å². The van der Waals surface area contributed by atoms with Crippen LogP contribution in [0.5, 0.6) is 0 Å². The van der Waals surface area contributed by atoms with Crippen LogP contribution < -0.4 is 9.80 Å². The Balaban J connectivity index is 0.973. The van der Waals surface area contributed by atoms with E-state index in [1.54, 1.807) is 0 Å². The predicted molar refractivity (Wildman–Crippen MR) is 331 cm³/mol. The zero-order valence-corrected chi connectivity index (χ0v) is 42.3. The van der Waals surface area contributed by atoms with Gasteiger partial charge >= 0.3 is 0 Å². The highest BCUT2D eigenvalue weighted by molar-refractivity contribution is 6.32. The van der Waals surface area contributed by atoms with Gasteiger partial charge in [0.05, 0.1) is 44.5 Å². The third kappa shape index (κ3) is 6.23. The second-order valence-electron chi connectivity index (χ2n) is 20.9. The highest BCUT2D eigenvalue weighted by Gasteiger charge is 2.28. The molecule has 0 amide bonds. The summed E-state index contributed by atoms with van der Waals surface area (Å²) in [6.45, 7) is 0. The second kappa shape index (κ2) is 16.5. The van der Waals surface area contributed by atoms with Crippen LogP contribution >= 0.6 is 0 Å². The van der Waals surface area contributed by atoms with Crippen molar-refractivity contribution in [3.8, 4) is 22.3 Å². The third-order valence-electron chi connectivity index (χ3n) is 16.7. The van der Waals surface area contributed by atoms with Gasteiger partial charge in [-0.25, -0.2) is 0 Å². The summed E-state index contributed by atoms with van der Waals surface area (Å²) in [7, 11) is 0. The molecular weight excluding hydrogens is 945 g/mol. The van der Waals surface area contributed by atoms with Crippen molar-refractivity contribution in [3.63, 3.8) is 0 Å². The standard InChI is InChI=1S/C74H46N4/c1-5-21-55(22-6-1)75(56-23-7-2-8-24-56)67-39-35-59-61-45-70-62(46-69(61)77-65-37-33-53(43-63(65)71(67)73(59)77)51-31-29-47-17-13-15-19-49(47)41-51)60-36-40-68(76(57-25-9-3-10-26-57)58-27-11-4-12-28-58)72-64-44-54(34-38-66(64)78(70)74(60)72)52-32-30-48-18-14-16-20-50(48)42-52/h1-46H. The first-order chi connectivity index (χ1) is 38.7. The fourth-order valence-electron chi connectivity index (χ4n) is 13.2. The van der Waals surface area contributed by atoms with Crippen molar-refractivity contribution in [2.24, 2.45) is 0 Å². The number of benzene rings is 13. The van der Waals surface area contributed by atoms with Gasteiger partial charge in [0.1, 0.15) is 0 Å². The first-order valence-electron chi connectivity index (χ1n) is 26.9. The lowest BCUT2D eigenvalue weighted by Gasteiger charge is -2.26. The van der Waals surface area contributed by atoms with Gasteiger partial charge in [0.25, 0.3) is 0 Å². The maximum Gasteiger partial charge on any atom is 0.0641 e. The van der Waals surface area contributed by atoms with E-state index >= 15 is 0 Å². The number of anilines is 6. The summed E-state index contributed by atoms with van der Waals surface area (Å²) in [5.74, 6) is 0. The molecule has 4 aromatic heterocycles. The molecule has 0 aliphatic heterocycles. The monoisotopic (exact) mass is 990 g/mol. The molecule has 0 atom stereocenters. The van der Waals surface area contributed by atoms with Crippen LogP contribution in [0.4, 0.5) is 34.1 Å². The van der Waals surface area contributed by atoms with E-state index in [1.165, 1.54) is 120 Å². The molecule has 0 saturated heterocycles. The summed E-state index contributed by atoms with van der Waals surface area (Å²) in [4.78, 5) is 4.87. The summed E-state index contributed by atoms with van der Waals surface area (Å²) in [5, 5.41) is 14.8. The van der Waals surface area contributed by atoms with Gasteiger partial charge in [-0.1, -0.05) is 170 Å². The molecule has 0 aliphatic carbocycles. The van der Waals surface area contributed by atoms with Gasteiger partial charge in [0.2, 0.25) is 0 Å². The van der Waals surface area contributed by atoms with Crippen LogP contribution in [0.25, 0.3) is 120 Å². The molecule has 4 nitrogen and oxygen atoms in total. The zero-order chi connectivity index (χ0) is 51.0. The first-order valence-corrected chi connectivity index (χ1v) is 26.9. The van der Waals surface area contributed by atoms with Crippen LogP contribution in [-0.2, 0) is 0 Å². The summed E-state index contributed by atoms with van der Waals surface area (Å²) < 4.78 is 5.13. The van der Waals surface area contributed by atoms with Gasteiger partial charge in [-0.3, -0.25) is 0 Å². The summed E-state index contributed by atoms with van der Waals surface area (Å²) in [6.07, 6.45) is 0. The maximum absolute atomic E-state index is 2.57. The van der Waals surface area contributed by atoms with E-state index in [-0.39, 0.29) is 0 Å². The number of fused-ring (bicyclic) bond motifs is 14.